The third kappa shape index (κ3) is 2.52. The van der Waals surface area contributed by atoms with E-state index in [-0.39, 0.29) is 24.1 Å². The molecule has 0 aliphatic heterocycles. The number of benzene rings is 1. The standard InChI is InChI=1S/C14H16F2N2S/c1-8(2)14-10(4)13(17-18(14)19-16)11-5-6-12(15)9(3)7-11/h5-8H,1-4H3. The summed E-state index contributed by atoms with van der Waals surface area (Å²) in [7, 11) is 0. The predicted octanol–water partition coefficient (Wildman–Crippen LogP) is 4.81. The van der Waals surface area contributed by atoms with Crippen LogP contribution < -0.4 is 0 Å². The molecule has 0 unspecified atom stereocenters. The lowest BCUT2D eigenvalue weighted by molar-refractivity contribution is 0.618. The van der Waals surface area contributed by atoms with Gasteiger partial charge in [-0.15, -0.1) is 3.89 Å². The van der Waals surface area contributed by atoms with Crippen molar-refractivity contribution >= 4 is 12.3 Å². The molecule has 0 aliphatic rings. The van der Waals surface area contributed by atoms with Crippen molar-refractivity contribution in [2.75, 3.05) is 0 Å². The summed E-state index contributed by atoms with van der Waals surface area (Å²) in [5.74, 6) is -0.0733. The van der Waals surface area contributed by atoms with Gasteiger partial charge in [0.15, 0.2) is 12.3 Å². The summed E-state index contributed by atoms with van der Waals surface area (Å²) in [6.07, 6.45) is 0. The van der Waals surface area contributed by atoms with Crippen molar-refractivity contribution in [2.24, 2.45) is 0 Å². The second-order valence-corrected chi connectivity index (χ2v) is 5.40. The Bertz CT molecular complexity index is 606. The number of aryl methyl sites for hydroxylation is 1. The van der Waals surface area contributed by atoms with Gasteiger partial charge in [-0.3, -0.25) is 0 Å². The fourth-order valence-electron chi connectivity index (χ4n) is 2.26. The van der Waals surface area contributed by atoms with E-state index in [9.17, 15) is 8.28 Å². The molecule has 0 N–H and O–H groups in total. The predicted molar refractivity (Wildman–Crippen MR) is 75.3 cm³/mol. The fraction of sp³-hybridized carbons (Fsp3) is 0.357. The average molecular weight is 282 g/mol. The van der Waals surface area contributed by atoms with Crippen LogP contribution in [0.15, 0.2) is 18.2 Å². The number of halogens is 2. The van der Waals surface area contributed by atoms with Crippen LogP contribution in [0.2, 0.25) is 0 Å². The molecule has 102 valence electrons. The van der Waals surface area contributed by atoms with Crippen LogP contribution in [0.5, 0.6) is 0 Å². The van der Waals surface area contributed by atoms with E-state index in [2.05, 4.69) is 5.10 Å². The van der Waals surface area contributed by atoms with E-state index in [0.29, 0.717) is 11.3 Å². The van der Waals surface area contributed by atoms with Crippen LogP contribution in [0, 0.1) is 19.7 Å². The zero-order valence-electron chi connectivity index (χ0n) is 11.4. The van der Waals surface area contributed by atoms with Crippen molar-refractivity contribution < 1.29 is 8.28 Å². The third-order valence-corrected chi connectivity index (χ3v) is 3.59. The smallest absolute Gasteiger partial charge is 0.187 e. The van der Waals surface area contributed by atoms with E-state index < -0.39 is 0 Å². The van der Waals surface area contributed by atoms with E-state index >= 15 is 0 Å². The Morgan fingerprint density at radius 2 is 1.95 bits per heavy atom. The summed E-state index contributed by atoms with van der Waals surface area (Å²) in [4.78, 5) is 0. The Morgan fingerprint density at radius 3 is 2.42 bits per heavy atom. The molecule has 1 aromatic carbocycles. The lowest BCUT2D eigenvalue weighted by atomic mass is 10.0. The second kappa shape index (κ2) is 5.33. The number of rotatable bonds is 3. The van der Waals surface area contributed by atoms with Gasteiger partial charge in [-0.1, -0.05) is 13.8 Å². The normalized spacial score (nSPS) is 11.3. The molecule has 0 atom stereocenters. The van der Waals surface area contributed by atoms with Crippen LogP contribution >= 0.6 is 12.3 Å². The fourth-order valence-corrected chi connectivity index (χ4v) is 2.79. The topological polar surface area (TPSA) is 17.8 Å². The molecule has 2 rings (SSSR count). The highest BCUT2D eigenvalue weighted by Crippen LogP contribution is 2.32. The van der Waals surface area contributed by atoms with Crippen LogP contribution in [0.25, 0.3) is 11.3 Å². The third-order valence-electron chi connectivity index (χ3n) is 3.18. The van der Waals surface area contributed by atoms with E-state index in [1.54, 1.807) is 19.1 Å². The summed E-state index contributed by atoms with van der Waals surface area (Å²) in [5.41, 5.74) is 3.86. The van der Waals surface area contributed by atoms with Gasteiger partial charge in [-0.2, -0.15) is 9.19 Å². The van der Waals surface area contributed by atoms with Crippen LogP contribution in [0.4, 0.5) is 8.28 Å². The maximum atomic E-state index is 13.3. The first-order valence-electron chi connectivity index (χ1n) is 6.10. The molecule has 1 heterocycles. The summed E-state index contributed by atoms with van der Waals surface area (Å²) in [6.45, 7) is 7.62. The molecule has 0 amide bonds. The van der Waals surface area contributed by atoms with E-state index in [0.717, 1.165) is 16.8 Å². The molecule has 0 radical (unpaired) electrons. The highest BCUT2D eigenvalue weighted by Gasteiger charge is 2.19. The zero-order chi connectivity index (χ0) is 14.2. The van der Waals surface area contributed by atoms with E-state index in [1.165, 1.54) is 10.2 Å². The Balaban J connectivity index is 2.59. The Hall–Kier alpha value is -1.36. The Kier molecular flexibility index (Phi) is 3.94. The van der Waals surface area contributed by atoms with Crippen molar-refractivity contribution in [3.63, 3.8) is 0 Å². The van der Waals surface area contributed by atoms with Crippen LogP contribution in [0.1, 0.15) is 36.6 Å². The summed E-state index contributed by atoms with van der Waals surface area (Å²) in [6, 6.07) is 4.83. The molecule has 0 bridgehead atoms. The number of nitrogens with zero attached hydrogens (tertiary/aromatic N) is 2. The van der Waals surface area contributed by atoms with Gasteiger partial charge in [-0.05, 0) is 49.1 Å². The van der Waals surface area contributed by atoms with Crippen LogP contribution in [-0.4, -0.2) is 9.19 Å². The molecule has 0 spiro atoms. The number of aromatic nitrogens is 2. The number of hydrogen-bond donors (Lipinski definition) is 0. The Labute approximate surface area is 116 Å². The van der Waals surface area contributed by atoms with Crippen molar-refractivity contribution in [3.8, 4) is 11.3 Å². The molecule has 1 aromatic heterocycles. The lowest BCUT2D eigenvalue weighted by Crippen LogP contribution is -1.98. The molecule has 2 aromatic rings. The molecular formula is C14H16F2N2S. The lowest BCUT2D eigenvalue weighted by Gasteiger charge is -2.06. The van der Waals surface area contributed by atoms with Crippen LogP contribution in [-0.2, 0) is 0 Å². The first kappa shape index (κ1) is 14.1. The minimum Gasteiger partial charge on any atom is -0.207 e. The molecule has 0 saturated heterocycles. The first-order valence-corrected chi connectivity index (χ1v) is 6.78. The van der Waals surface area contributed by atoms with Crippen molar-refractivity contribution in [2.45, 2.75) is 33.6 Å². The van der Waals surface area contributed by atoms with Crippen molar-refractivity contribution in [1.29, 1.82) is 0 Å². The van der Waals surface area contributed by atoms with Gasteiger partial charge < -0.3 is 0 Å². The monoisotopic (exact) mass is 282 g/mol. The summed E-state index contributed by atoms with van der Waals surface area (Å²) in [5, 5.41) is 4.27. The quantitative estimate of drug-likeness (QED) is 0.804. The van der Waals surface area contributed by atoms with Crippen LogP contribution in [0.3, 0.4) is 0 Å². The van der Waals surface area contributed by atoms with Crippen molar-refractivity contribution in [1.82, 2.24) is 9.19 Å². The minimum absolute atomic E-state index is 0.0922. The van der Waals surface area contributed by atoms with Gasteiger partial charge in [0.1, 0.15) is 5.82 Å². The maximum Gasteiger partial charge on any atom is 0.187 e. The molecule has 0 fully saturated rings. The summed E-state index contributed by atoms with van der Waals surface area (Å²) < 4.78 is 27.6. The molecule has 19 heavy (non-hydrogen) atoms. The van der Waals surface area contributed by atoms with E-state index in [4.69, 9.17) is 0 Å². The first-order chi connectivity index (χ1) is 8.95. The SMILES string of the molecule is Cc1cc(-c2nn(SF)c(C(C)C)c2C)ccc1F. The van der Waals surface area contributed by atoms with Gasteiger partial charge in [0.2, 0.25) is 0 Å². The zero-order valence-corrected chi connectivity index (χ0v) is 12.2. The highest BCUT2D eigenvalue weighted by molar-refractivity contribution is 7.92. The average Bonchev–Trinajstić information content (AvgIpc) is 2.70. The maximum absolute atomic E-state index is 13.3. The highest BCUT2D eigenvalue weighted by atomic mass is 32.2. The van der Waals surface area contributed by atoms with E-state index in [1.807, 2.05) is 20.8 Å². The van der Waals surface area contributed by atoms with Gasteiger partial charge in [0.05, 0.1) is 11.4 Å². The van der Waals surface area contributed by atoms with Crippen molar-refractivity contribution in [3.05, 3.63) is 40.8 Å². The molecular weight excluding hydrogens is 266 g/mol. The molecule has 0 saturated carbocycles. The Morgan fingerprint density at radius 1 is 1.26 bits per heavy atom. The second-order valence-electron chi connectivity index (χ2n) is 4.92. The van der Waals surface area contributed by atoms with Gasteiger partial charge in [-0.25, -0.2) is 4.39 Å². The van der Waals surface area contributed by atoms with Gasteiger partial charge in [0.25, 0.3) is 0 Å². The van der Waals surface area contributed by atoms with Gasteiger partial charge >= 0.3 is 0 Å². The van der Waals surface area contributed by atoms with Gasteiger partial charge in [0, 0.05) is 5.56 Å². The number of hydrogen-bond acceptors (Lipinski definition) is 2. The minimum atomic E-state index is -0.246. The molecule has 2 nitrogen and oxygen atoms in total. The largest absolute Gasteiger partial charge is 0.207 e. The molecule has 5 heteroatoms. The summed E-state index contributed by atoms with van der Waals surface area (Å²) >= 11 is 0.0922. The molecule has 0 aliphatic carbocycles.